The van der Waals surface area contributed by atoms with Crippen LogP contribution in [0.1, 0.15) is 47.0 Å². The highest BCUT2D eigenvalue weighted by molar-refractivity contribution is 4.95. The molecule has 1 aliphatic rings. The maximum Gasteiger partial charge on any atom is 0.0701 e. The first kappa shape index (κ1) is 10.0. The SMILES string of the molecule is CC(C)C1CCC[C@]1(O)C(C)C. The molecule has 0 aromatic rings. The lowest BCUT2D eigenvalue weighted by atomic mass is 9.76. The number of aliphatic hydroxyl groups is 1. The summed E-state index contributed by atoms with van der Waals surface area (Å²) in [6.07, 6.45) is 3.43. The summed E-state index contributed by atoms with van der Waals surface area (Å²) in [4.78, 5) is 0. The summed E-state index contributed by atoms with van der Waals surface area (Å²) in [7, 11) is 0. The van der Waals surface area contributed by atoms with Crippen molar-refractivity contribution in [3.05, 3.63) is 0 Å². The molecule has 1 N–H and O–H groups in total. The number of rotatable bonds is 2. The van der Waals surface area contributed by atoms with Crippen LogP contribution in [0.2, 0.25) is 0 Å². The maximum atomic E-state index is 10.4. The van der Waals surface area contributed by atoms with E-state index in [1.165, 1.54) is 12.8 Å². The van der Waals surface area contributed by atoms with Gasteiger partial charge >= 0.3 is 0 Å². The van der Waals surface area contributed by atoms with Gasteiger partial charge in [-0.1, -0.05) is 34.1 Å². The normalized spacial score (nSPS) is 36.8. The molecule has 0 spiro atoms. The second-order valence-corrected chi connectivity index (χ2v) is 4.89. The van der Waals surface area contributed by atoms with E-state index in [1.54, 1.807) is 0 Å². The van der Waals surface area contributed by atoms with Crippen LogP contribution in [0.5, 0.6) is 0 Å². The predicted octanol–water partition coefficient (Wildman–Crippen LogP) is 2.83. The molecule has 1 saturated carbocycles. The van der Waals surface area contributed by atoms with Crippen molar-refractivity contribution in [3.8, 4) is 0 Å². The Labute approximate surface area is 76.2 Å². The van der Waals surface area contributed by atoms with Crippen LogP contribution in [0, 0.1) is 17.8 Å². The molecule has 0 aliphatic heterocycles. The van der Waals surface area contributed by atoms with E-state index in [9.17, 15) is 5.11 Å². The summed E-state index contributed by atoms with van der Waals surface area (Å²) < 4.78 is 0. The lowest BCUT2D eigenvalue weighted by molar-refractivity contribution is -0.0541. The van der Waals surface area contributed by atoms with Crippen LogP contribution in [-0.4, -0.2) is 10.7 Å². The van der Waals surface area contributed by atoms with Crippen LogP contribution >= 0.6 is 0 Å². The average Bonchev–Trinajstić information content (AvgIpc) is 2.32. The van der Waals surface area contributed by atoms with Crippen molar-refractivity contribution in [2.75, 3.05) is 0 Å². The molecule has 0 amide bonds. The highest BCUT2D eigenvalue weighted by Crippen LogP contribution is 2.44. The number of hydrogen-bond donors (Lipinski definition) is 1. The van der Waals surface area contributed by atoms with Crippen molar-refractivity contribution >= 4 is 0 Å². The quantitative estimate of drug-likeness (QED) is 0.675. The maximum absolute atomic E-state index is 10.4. The molecular formula is C11H22O. The molecular weight excluding hydrogens is 148 g/mol. The van der Waals surface area contributed by atoms with Crippen molar-refractivity contribution in [2.45, 2.75) is 52.6 Å². The monoisotopic (exact) mass is 170 g/mol. The second kappa shape index (κ2) is 3.37. The molecule has 0 aromatic heterocycles. The Bertz CT molecular complexity index is 151. The van der Waals surface area contributed by atoms with E-state index in [4.69, 9.17) is 0 Å². The Morgan fingerprint density at radius 3 is 2.17 bits per heavy atom. The summed E-state index contributed by atoms with van der Waals surface area (Å²) in [5.41, 5.74) is -0.367. The van der Waals surface area contributed by atoms with Gasteiger partial charge in [-0.2, -0.15) is 0 Å². The van der Waals surface area contributed by atoms with E-state index in [1.807, 2.05) is 0 Å². The molecule has 72 valence electrons. The molecule has 0 radical (unpaired) electrons. The van der Waals surface area contributed by atoms with Crippen LogP contribution in [0.15, 0.2) is 0 Å². The van der Waals surface area contributed by atoms with Gasteiger partial charge in [0.15, 0.2) is 0 Å². The second-order valence-electron chi connectivity index (χ2n) is 4.89. The molecule has 0 saturated heterocycles. The molecule has 1 rings (SSSR count). The van der Waals surface area contributed by atoms with Gasteiger partial charge < -0.3 is 5.11 Å². The van der Waals surface area contributed by atoms with Gasteiger partial charge in [0, 0.05) is 0 Å². The van der Waals surface area contributed by atoms with Gasteiger partial charge in [0.05, 0.1) is 5.60 Å². The van der Waals surface area contributed by atoms with Crippen LogP contribution in [0.25, 0.3) is 0 Å². The third-order valence-corrected chi connectivity index (χ3v) is 3.54. The van der Waals surface area contributed by atoms with E-state index in [-0.39, 0.29) is 5.60 Å². The van der Waals surface area contributed by atoms with E-state index < -0.39 is 0 Å². The summed E-state index contributed by atoms with van der Waals surface area (Å²) in [5.74, 6) is 1.56. The third-order valence-electron chi connectivity index (χ3n) is 3.54. The molecule has 1 fully saturated rings. The fourth-order valence-corrected chi connectivity index (χ4v) is 2.67. The summed E-state index contributed by atoms with van der Waals surface area (Å²) >= 11 is 0. The van der Waals surface area contributed by atoms with E-state index in [0.29, 0.717) is 17.8 Å². The van der Waals surface area contributed by atoms with Crippen LogP contribution in [0.4, 0.5) is 0 Å². The molecule has 1 unspecified atom stereocenters. The predicted molar refractivity (Wildman–Crippen MR) is 52.0 cm³/mol. The highest BCUT2D eigenvalue weighted by atomic mass is 16.3. The first-order chi connectivity index (χ1) is 5.48. The Morgan fingerprint density at radius 2 is 1.83 bits per heavy atom. The summed E-state index contributed by atoms with van der Waals surface area (Å²) in [6, 6.07) is 0. The Morgan fingerprint density at radius 1 is 1.25 bits per heavy atom. The Balaban J connectivity index is 2.74. The molecule has 1 aliphatic carbocycles. The van der Waals surface area contributed by atoms with E-state index in [0.717, 1.165) is 6.42 Å². The van der Waals surface area contributed by atoms with Crippen molar-refractivity contribution in [2.24, 2.45) is 17.8 Å². The minimum atomic E-state index is -0.367. The molecule has 1 heteroatoms. The first-order valence-electron chi connectivity index (χ1n) is 5.21. The molecule has 0 heterocycles. The van der Waals surface area contributed by atoms with Gasteiger partial charge in [0.2, 0.25) is 0 Å². The summed E-state index contributed by atoms with van der Waals surface area (Å²) in [6.45, 7) is 8.73. The van der Waals surface area contributed by atoms with Gasteiger partial charge in [-0.15, -0.1) is 0 Å². The Hall–Kier alpha value is -0.0400. The minimum absolute atomic E-state index is 0.367. The van der Waals surface area contributed by atoms with Gasteiger partial charge in [-0.05, 0) is 30.6 Å². The van der Waals surface area contributed by atoms with Crippen molar-refractivity contribution in [1.29, 1.82) is 0 Å². The highest BCUT2D eigenvalue weighted by Gasteiger charge is 2.44. The van der Waals surface area contributed by atoms with Crippen LogP contribution in [-0.2, 0) is 0 Å². The largest absolute Gasteiger partial charge is 0.389 e. The topological polar surface area (TPSA) is 20.2 Å². The van der Waals surface area contributed by atoms with Crippen molar-refractivity contribution < 1.29 is 5.11 Å². The first-order valence-corrected chi connectivity index (χ1v) is 5.21. The van der Waals surface area contributed by atoms with Crippen molar-refractivity contribution in [1.82, 2.24) is 0 Å². The zero-order valence-electron chi connectivity index (χ0n) is 8.80. The molecule has 0 aromatic carbocycles. The number of hydrogen-bond acceptors (Lipinski definition) is 1. The molecule has 0 bridgehead atoms. The van der Waals surface area contributed by atoms with Gasteiger partial charge in [-0.25, -0.2) is 0 Å². The minimum Gasteiger partial charge on any atom is -0.389 e. The van der Waals surface area contributed by atoms with Crippen molar-refractivity contribution in [3.63, 3.8) is 0 Å². The fourth-order valence-electron chi connectivity index (χ4n) is 2.67. The standard InChI is InChI=1S/C11H22O/c1-8(2)10-6-5-7-11(10,12)9(3)4/h8-10,12H,5-7H2,1-4H3/t10?,11-/m0/s1. The van der Waals surface area contributed by atoms with E-state index >= 15 is 0 Å². The smallest absolute Gasteiger partial charge is 0.0701 e. The van der Waals surface area contributed by atoms with Crippen LogP contribution in [0.3, 0.4) is 0 Å². The zero-order chi connectivity index (χ0) is 9.35. The Kier molecular flexibility index (Phi) is 2.82. The average molecular weight is 170 g/mol. The van der Waals surface area contributed by atoms with Gasteiger partial charge in [0.25, 0.3) is 0 Å². The molecule has 2 atom stereocenters. The van der Waals surface area contributed by atoms with Crippen LogP contribution < -0.4 is 0 Å². The third kappa shape index (κ3) is 1.52. The lowest BCUT2D eigenvalue weighted by Gasteiger charge is -2.36. The van der Waals surface area contributed by atoms with Gasteiger partial charge in [-0.3, -0.25) is 0 Å². The zero-order valence-corrected chi connectivity index (χ0v) is 8.80. The molecule has 12 heavy (non-hydrogen) atoms. The fraction of sp³-hybridized carbons (Fsp3) is 1.00. The van der Waals surface area contributed by atoms with Gasteiger partial charge in [0.1, 0.15) is 0 Å². The van der Waals surface area contributed by atoms with E-state index in [2.05, 4.69) is 27.7 Å². The summed E-state index contributed by atoms with van der Waals surface area (Å²) in [5, 5.41) is 10.4. The molecule has 1 nitrogen and oxygen atoms in total. The lowest BCUT2D eigenvalue weighted by Crippen LogP contribution is -2.41.